The first-order chi connectivity index (χ1) is 9.85. The zero-order valence-corrected chi connectivity index (χ0v) is 12.9. The summed E-state index contributed by atoms with van der Waals surface area (Å²) in [5.74, 6) is 0.983. The molecule has 3 heterocycles. The number of nitrogens with two attached hydrogens (primary N) is 1. The standard InChI is InChI=1S/C17H31N3/c18-13-17(9-12-19-10-4-8-16(17)19)20-11-3-7-15(20)14-5-1-2-6-14/h14-16H,1-13,18H2. The molecule has 0 aromatic heterocycles. The van der Waals surface area contributed by atoms with Gasteiger partial charge in [-0.3, -0.25) is 9.80 Å². The van der Waals surface area contributed by atoms with Crippen LogP contribution in [0.1, 0.15) is 57.8 Å². The number of fused-ring (bicyclic) bond motifs is 1. The van der Waals surface area contributed by atoms with E-state index in [0.29, 0.717) is 5.54 Å². The van der Waals surface area contributed by atoms with Gasteiger partial charge in [-0.05, 0) is 64.0 Å². The molecule has 0 aromatic rings. The van der Waals surface area contributed by atoms with Crippen molar-refractivity contribution in [1.29, 1.82) is 0 Å². The lowest BCUT2D eigenvalue weighted by molar-refractivity contribution is 0.0322. The van der Waals surface area contributed by atoms with E-state index in [4.69, 9.17) is 5.73 Å². The van der Waals surface area contributed by atoms with Gasteiger partial charge >= 0.3 is 0 Å². The minimum atomic E-state index is 0.334. The average Bonchev–Trinajstić information content (AvgIpc) is 3.22. The molecule has 0 spiro atoms. The highest BCUT2D eigenvalue weighted by Gasteiger charge is 2.54. The van der Waals surface area contributed by atoms with E-state index in [9.17, 15) is 0 Å². The summed E-state index contributed by atoms with van der Waals surface area (Å²) < 4.78 is 0. The van der Waals surface area contributed by atoms with Crippen molar-refractivity contribution in [3.05, 3.63) is 0 Å². The predicted molar refractivity (Wildman–Crippen MR) is 82.7 cm³/mol. The molecule has 0 radical (unpaired) electrons. The minimum absolute atomic E-state index is 0.334. The van der Waals surface area contributed by atoms with Crippen LogP contribution >= 0.6 is 0 Å². The molecule has 1 saturated carbocycles. The number of likely N-dealkylation sites (tertiary alicyclic amines) is 1. The summed E-state index contributed by atoms with van der Waals surface area (Å²) in [6.07, 6.45) is 12.9. The molecule has 3 atom stereocenters. The maximum atomic E-state index is 6.40. The molecule has 3 saturated heterocycles. The summed E-state index contributed by atoms with van der Waals surface area (Å²) in [5.41, 5.74) is 6.73. The molecule has 2 N–H and O–H groups in total. The molecule has 4 aliphatic rings. The van der Waals surface area contributed by atoms with Crippen molar-refractivity contribution in [3.63, 3.8) is 0 Å². The molecular weight excluding hydrogens is 246 g/mol. The predicted octanol–water partition coefficient (Wildman–Crippen LogP) is 2.21. The second-order valence-electron chi connectivity index (χ2n) is 7.70. The van der Waals surface area contributed by atoms with E-state index in [0.717, 1.165) is 24.5 Å². The van der Waals surface area contributed by atoms with Crippen molar-refractivity contribution in [3.8, 4) is 0 Å². The Morgan fingerprint density at radius 1 is 0.900 bits per heavy atom. The van der Waals surface area contributed by atoms with Crippen LogP contribution in [0.15, 0.2) is 0 Å². The first-order valence-corrected chi connectivity index (χ1v) is 9.06. The van der Waals surface area contributed by atoms with Gasteiger partial charge in [-0.2, -0.15) is 0 Å². The molecule has 3 unspecified atom stereocenters. The summed E-state index contributed by atoms with van der Waals surface area (Å²) in [6.45, 7) is 4.84. The third-order valence-electron chi connectivity index (χ3n) is 6.98. The Kier molecular flexibility index (Phi) is 3.56. The Labute approximate surface area is 123 Å². The SMILES string of the molecule is NCC1(N2CCCC2C2CCCC2)CCN2CCCC21. The quantitative estimate of drug-likeness (QED) is 0.858. The highest BCUT2D eigenvalue weighted by Crippen LogP contribution is 2.46. The number of rotatable bonds is 3. The van der Waals surface area contributed by atoms with Crippen LogP contribution in [-0.2, 0) is 0 Å². The van der Waals surface area contributed by atoms with Gasteiger partial charge in [0.05, 0.1) is 5.54 Å². The molecule has 1 aliphatic carbocycles. The monoisotopic (exact) mass is 277 g/mol. The molecule has 0 aromatic carbocycles. The first kappa shape index (κ1) is 13.5. The summed E-state index contributed by atoms with van der Waals surface area (Å²) in [5, 5.41) is 0. The normalized spacial score (nSPS) is 43.6. The van der Waals surface area contributed by atoms with E-state index < -0.39 is 0 Å². The van der Waals surface area contributed by atoms with Gasteiger partial charge in [-0.15, -0.1) is 0 Å². The summed E-state index contributed by atoms with van der Waals surface area (Å²) in [7, 11) is 0. The molecule has 0 amide bonds. The highest BCUT2D eigenvalue weighted by molar-refractivity contribution is 5.12. The smallest absolute Gasteiger partial charge is 0.0501 e. The van der Waals surface area contributed by atoms with E-state index in [1.165, 1.54) is 77.4 Å². The van der Waals surface area contributed by atoms with E-state index in [1.54, 1.807) is 0 Å². The van der Waals surface area contributed by atoms with Gasteiger partial charge in [0, 0.05) is 25.2 Å². The van der Waals surface area contributed by atoms with Gasteiger partial charge in [0.15, 0.2) is 0 Å². The van der Waals surface area contributed by atoms with Crippen molar-refractivity contribution in [2.45, 2.75) is 75.4 Å². The zero-order chi connectivity index (χ0) is 13.6. The molecule has 0 bridgehead atoms. The summed E-state index contributed by atoms with van der Waals surface area (Å²) in [4.78, 5) is 5.68. The Morgan fingerprint density at radius 2 is 1.70 bits per heavy atom. The van der Waals surface area contributed by atoms with Gasteiger partial charge in [0.25, 0.3) is 0 Å². The lowest BCUT2D eigenvalue weighted by Gasteiger charge is -2.47. The van der Waals surface area contributed by atoms with Crippen LogP contribution in [0.4, 0.5) is 0 Å². The second-order valence-corrected chi connectivity index (χ2v) is 7.70. The molecule has 4 fully saturated rings. The zero-order valence-electron chi connectivity index (χ0n) is 12.9. The van der Waals surface area contributed by atoms with Crippen molar-refractivity contribution in [2.24, 2.45) is 11.7 Å². The van der Waals surface area contributed by atoms with Crippen molar-refractivity contribution >= 4 is 0 Å². The maximum Gasteiger partial charge on any atom is 0.0501 e. The summed E-state index contributed by atoms with van der Waals surface area (Å²) in [6, 6.07) is 1.64. The van der Waals surface area contributed by atoms with Crippen LogP contribution < -0.4 is 5.73 Å². The van der Waals surface area contributed by atoms with Gasteiger partial charge in [0.1, 0.15) is 0 Å². The van der Waals surface area contributed by atoms with E-state index >= 15 is 0 Å². The Morgan fingerprint density at radius 3 is 2.50 bits per heavy atom. The lowest BCUT2D eigenvalue weighted by atomic mass is 9.84. The average molecular weight is 277 g/mol. The van der Waals surface area contributed by atoms with Crippen molar-refractivity contribution in [1.82, 2.24) is 9.80 Å². The third-order valence-corrected chi connectivity index (χ3v) is 6.98. The Bertz CT molecular complexity index is 352. The molecule has 3 heteroatoms. The number of hydrogen-bond acceptors (Lipinski definition) is 3. The van der Waals surface area contributed by atoms with Crippen LogP contribution in [0.5, 0.6) is 0 Å². The van der Waals surface area contributed by atoms with Crippen LogP contribution in [0.2, 0.25) is 0 Å². The second kappa shape index (κ2) is 5.26. The number of nitrogens with zero attached hydrogens (tertiary/aromatic N) is 2. The van der Waals surface area contributed by atoms with Crippen molar-refractivity contribution < 1.29 is 0 Å². The van der Waals surface area contributed by atoms with Gasteiger partial charge in [-0.1, -0.05) is 12.8 Å². The molecule has 4 rings (SSSR count). The lowest BCUT2D eigenvalue weighted by Crippen LogP contribution is -2.62. The van der Waals surface area contributed by atoms with Crippen LogP contribution in [-0.4, -0.2) is 53.6 Å². The largest absolute Gasteiger partial charge is 0.329 e. The van der Waals surface area contributed by atoms with Gasteiger partial charge in [-0.25, -0.2) is 0 Å². The van der Waals surface area contributed by atoms with E-state index in [1.807, 2.05) is 0 Å². The minimum Gasteiger partial charge on any atom is -0.329 e. The fourth-order valence-corrected chi connectivity index (χ4v) is 6.07. The Hall–Kier alpha value is -0.120. The molecule has 20 heavy (non-hydrogen) atoms. The maximum absolute atomic E-state index is 6.40. The van der Waals surface area contributed by atoms with Crippen molar-refractivity contribution in [2.75, 3.05) is 26.2 Å². The van der Waals surface area contributed by atoms with Crippen LogP contribution in [0.25, 0.3) is 0 Å². The molecule has 114 valence electrons. The first-order valence-electron chi connectivity index (χ1n) is 9.06. The van der Waals surface area contributed by atoms with E-state index in [-0.39, 0.29) is 0 Å². The van der Waals surface area contributed by atoms with E-state index in [2.05, 4.69) is 9.80 Å². The molecular formula is C17H31N3. The molecule has 3 nitrogen and oxygen atoms in total. The van der Waals surface area contributed by atoms with Gasteiger partial charge < -0.3 is 5.73 Å². The van der Waals surface area contributed by atoms with Crippen LogP contribution in [0, 0.1) is 5.92 Å². The third kappa shape index (κ3) is 1.89. The molecule has 3 aliphatic heterocycles. The van der Waals surface area contributed by atoms with Gasteiger partial charge in [0.2, 0.25) is 0 Å². The Balaban J connectivity index is 1.59. The highest BCUT2D eigenvalue weighted by atomic mass is 15.4. The number of hydrogen-bond donors (Lipinski definition) is 1. The topological polar surface area (TPSA) is 32.5 Å². The summed E-state index contributed by atoms with van der Waals surface area (Å²) >= 11 is 0. The van der Waals surface area contributed by atoms with Crippen LogP contribution in [0.3, 0.4) is 0 Å². The fourth-order valence-electron chi connectivity index (χ4n) is 6.07. The fraction of sp³-hybridized carbons (Fsp3) is 1.00.